The smallest absolute Gasteiger partial charge is 0.256 e. The molecule has 0 aliphatic heterocycles. The van der Waals surface area contributed by atoms with Crippen LogP contribution in [0.3, 0.4) is 0 Å². The van der Waals surface area contributed by atoms with Gasteiger partial charge in [-0.1, -0.05) is 22.0 Å². The van der Waals surface area contributed by atoms with Crippen molar-refractivity contribution in [1.82, 2.24) is 0 Å². The van der Waals surface area contributed by atoms with Crippen molar-refractivity contribution >= 4 is 43.5 Å². The van der Waals surface area contributed by atoms with Gasteiger partial charge in [0.15, 0.2) is 0 Å². The highest BCUT2D eigenvalue weighted by Gasteiger charge is 2.12. The third-order valence-electron chi connectivity index (χ3n) is 2.87. The molecular weight excluding hydrogens is 386 g/mol. The Hall–Kier alpha value is -1.33. The SMILES string of the molecule is COc1ccc(Br)c(NC(=O)c2cc(Br)ccc2C)c1. The minimum Gasteiger partial charge on any atom is -0.497 e. The summed E-state index contributed by atoms with van der Waals surface area (Å²) >= 11 is 6.79. The van der Waals surface area contributed by atoms with Gasteiger partial charge in [0.1, 0.15) is 5.75 Å². The second kappa shape index (κ2) is 6.41. The maximum Gasteiger partial charge on any atom is 0.256 e. The van der Waals surface area contributed by atoms with Crippen LogP contribution >= 0.6 is 31.9 Å². The van der Waals surface area contributed by atoms with Crippen LogP contribution in [0.25, 0.3) is 0 Å². The minimum absolute atomic E-state index is 0.155. The number of carbonyl (C=O) groups is 1. The first-order valence-electron chi connectivity index (χ1n) is 5.92. The normalized spacial score (nSPS) is 10.2. The van der Waals surface area contributed by atoms with Crippen LogP contribution in [0.15, 0.2) is 45.3 Å². The Morgan fingerprint density at radius 1 is 1.15 bits per heavy atom. The molecule has 3 nitrogen and oxygen atoms in total. The van der Waals surface area contributed by atoms with Gasteiger partial charge in [-0.2, -0.15) is 0 Å². The fourth-order valence-electron chi connectivity index (χ4n) is 1.76. The van der Waals surface area contributed by atoms with Gasteiger partial charge in [-0.25, -0.2) is 0 Å². The molecule has 0 radical (unpaired) electrons. The molecule has 20 heavy (non-hydrogen) atoms. The van der Waals surface area contributed by atoms with Crippen LogP contribution in [-0.4, -0.2) is 13.0 Å². The second-order valence-corrected chi connectivity index (χ2v) is 6.03. The Kier molecular flexibility index (Phi) is 4.83. The summed E-state index contributed by atoms with van der Waals surface area (Å²) in [6.07, 6.45) is 0. The molecule has 5 heteroatoms. The van der Waals surface area contributed by atoms with Gasteiger partial charge in [-0.3, -0.25) is 4.79 Å². The lowest BCUT2D eigenvalue weighted by Gasteiger charge is -2.11. The first kappa shape index (κ1) is 15.1. The standard InChI is InChI=1S/C15H13Br2NO2/c1-9-3-4-10(16)7-12(9)15(19)18-14-8-11(20-2)5-6-13(14)17/h3-8H,1-2H3,(H,18,19). The number of methoxy groups -OCH3 is 1. The van der Waals surface area contributed by atoms with Gasteiger partial charge < -0.3 is 10.1 Å². The molecule has 0 atom stereocenters. The zero-order valence-electron chi connectivity index (χ0n) is 11.0. The summed E-state index contributed by atoms with van der Waals surface area (Å²) in [5.41, 5.74) is 2.23. The first-order chi connectivity index (χ1) is 9.51. The monoisotopic (exact) mass is 397 g/mol. The van der Waals surface area contributed by atoms with Crippen LogP contribution in [0.5, 0.6) is 5.75 Å². The van der Waals surface area contributed by atoms with Gasteiger partial charge in [0.05, 0.1) is 12.8 Å². The Balaban J connectivity index is 2.30. The number of rotatable bonds is 3. The zero-order valence-corrected chi connectivity index (χ0v) is 14.2. The quantitative estimate of drug-likeness (QED) is 0.807. The van der Waals surface area contributed by atoms with Crippen molar-refractivity contribution in [3.63, 3.8) is 0 Å². The summed E-state index contributed by atoms with van der Waals surface area (Å²) in [4.78, 5) is 12.3. The molecule has 0 unspecified atom stereocenters. The molecule has 0 saturated carbocycles. The lowest BCUT2D eigenvalue weighted by atomic mass is 10.1. The van der Waals surface area contributed by atoms with Gasteiger partial charge in [0, 0.05) is 20.6 Å². The molecule has 0 aromatic heterocycles. The average Bonchev–Trinajstić information content (AvgIpc) is 2.43. The summed E-state index contributed by atoms with van der Waals surface area (Å²) < 4.78 is 6.84. The zero-order chi connectivity index (χ0) is 14.7. The van der Waals surface area contributed by atoms with Crippen LogP contribution in [0.4, 0.5) is 5.69 Å². The van der Waals surface area contributed by atoms with Crippen LogP contribution in [0.1, 0.15) is 15.9 Å². The predicted octanol–water partition coefficient (Wildman–Crippen LogP) is 4.78. The van der Waals surface area contributed by atoms with E-state index in [0.717, 1.165) is 14.5 Å². The van der Waals surface area contributed by atoms with Crippen molar-refractivity contribution in [3.8, 4) is 5.75 Å². The summed E-state index contributed by atoms with van der Waals surface area (Å²) in [6.45, 7) is 1.90. The van der Waals surface area contributed by atoms with Gasteiger partial charge in [-0.15, -0.1) is 0 Å². The molecule has 2 aromatic carbocycles. The molecule has 2 aromatic rings. The number of hydrogen-bond acceptors (Lipinski definition) is 2. The first-order valence-corrected chi connectivity index (χ1v) is 7.51. The number of carbonyl (C=O) groups excluding carboxylic acids is 1. The number of amides is 1. The third-order valence-corrected chi connectivity index (χ3v) is 4.05. The van der Waals surface area contributed by atoms with Crippen molar-refractivity contribution in [2.24, 2.45) is 0 Å². The topological polar surface area (TPSA) is 38.3 Å². The van der Waals surface area contributed by atoms with E-state index in [9.17, 15) is 4.79 Å². The fraction of sp³-hybridized carbons (Fsp3) is 0.133. The molecule has 1 N–H and O–H groups in total. The van der Waals surface area contributed by atoms with E-state index in [-0.39, 0.29) is 5.91 Å². The maximum atomic E-state index is 12.3. The van der Waals surface area contributed by atoms with Crippen molar-refractivity contribution in [3.05, 3.63) is 56.5 Å². The van der Waals surface area contributed by atoms with Gasteiger partial charge >= 0.3 is 0 Å². The van der Waals surface area contributed by atoms with E-state index in [1.165, 1.54) is 0 Å². The number of halogens is 2. The summed E-state index contributed by atoms with van der Waals surface area (Å²) in [7, 11) is 1.59. The summed E-state index contributed by atoms with van der Waals surface area (Å²) in [5.74, 6) is 0.534. The van der Waals surface area contributed by atoms with Crippen LogP contribution < -0.4 is 10.1 Å². The highest BCUT2D eigenvalue weighted by Crippen LogP contribution is 2.28. The summed E-state index contributed by atoms with van der Waals surface area (Å²) in [6, 6.07) is 11.0. The van der Waals surface area contributed by atoms with Crippen LogP contribution in [0, 0.1) is 6.92 Å². The Labute approximate surface area is 134 Å². The fourth-order valence-corrected chi connectivity index (χ4v) is 2.46. The number of nitrogens with one attached hydrogen (secondary N) is 1. The van der Waals surface area contributed by atoms with Gasteiger partial charge in [0.2, 0.25) is 0 Å². The van der Waals surface area contributed by atoms with E-state index < -0.39 is 0 Å². The number of hydrogen-bond donors (Lipinski definition) is 1. The lowest BCUT2D eigenvalue weighted by molar-refractivity contribution is 0.102. The third kappa shape index (κ3) is 3.41. The van der Waals surface area contributed by atoms with E-state index >= 15 is 0 Å². The molecule has 0 aliphatic rings. The molecular formula is C15H13Br2NO2. The highest BCUT2D eigenvalue weighted by atomic mass is 79.9. The molecule has 104 valence electrons. The molecule has 0 aliphatic carbocycles. The second-order valence-electron chi connectivity index (χ2n) is 4.26. The summed E-state index contributed by atoms with van der Waals surface area (Å²) in [5, 5.41) is 2.88. The number of ether oxygens (including phenoxy) is 1. The minimum atomic E-state index is -0.155. The van der Waals surface area contributed by atoms with Crippen molar-refractivity contribution in [1.29, 1.82) is 0 Å². The Morgan fingerprint density at radius 2 is 1.90 bits per heavy atom. The predicted molar refractivity (Wildman–Crippen MR) is 87.5 cm³/mol. The molecule has 0 saturated heterocycles. The van der Waals surface area contributed by atoms with E-state index in [0.29, 0.717) is 17.0 Å². The highest BCUT2D eigenvalue weighted by molar-refractivity contribution is 9.10. The van der Waals surface area contributed by atoms with Crippen molar-refractivity contribution in [2.75, 3.05) is 12.4 Å². The van der Waals surface area contributed by atoms with E-state index in [1.54, 1.807) is 19.2 Å². The molecule has 2 rings (SSSR count). The van der Waals surface area contributed by atoms with Crippen LogP contribution in [-0.2, 0) is 0 Å². The van der Waals surface area contributed by atoms with E-state index in [2.05, 4.69) is 37.2 Å². The number of anilines is 1. The lowest BCUT2D eigenvalue weighted by Crippen LogP contribution is -2.13. The number of benzene rings is 2. The van der Waals surface area contributed by atoms with Crippen LogP contribution in [0.2, 0.25) is 0 Å². The Bertz CT molecular complexity index is 656. The van der Waals surface area contributed by atoms with Crippen molar-refractivity contribution in [2.45, 2.75) is 6.92 Å². The van der Waals surface area contributed by atoms with Crippen molar-refractivity contribution < 1.29 is 9.53 Å². The Morgan fingerprint density at radius 3 is 2.60 bits per heavy atom. The molecule has 0 bridgehead atoms. The van der Waals surface area contributed by atoms with E-state index in [1.807, 2.05) is 31.2 Å². The maximum absolute atomic E-state index is 12.3. The largest absolute Gasteiger partial charge is 0.497 e. The molecule has 0 spiro atoms. The van der Waals surface area contributed by atoms with Gasteiger partial charge in [-0.05, 0) is 52.7 Å². The van der Waals surface area contributed by atoms with E-state index in [4.69, 9.17) is 4.74 Å². The molecule has 1 amide bonds. The average molecular weight is 399 g/mol. The molecule has 0 fully saturated rings. The van der Waals surface area contributed by atoms with Gasteiger partial charge in [0.25, 0.3) is 5.91 Å². The number of aryl methyl sites for hydroxylation is 1. The molecule has 0 heterocycles.